The Morgan fingerprint density at radius 1 is 1.22 bits per heavy atom. The first-order chi connectivity index (χ1) is 13.0. The van der Waals surface area contributed by atoms with E-state index in [0.717, 1.165) is 10.5 Å². The fraction of sp³-hybridized carbons (Fsp3) is 0.263. The highest BCUT2D eigenvalue weighted by Crippen LogP contribution is 2.32. The summed E-state index contributed by atoms with van der Waals surface area (Å²) in [5, 5.41) is 3.02. The molecule has 1 aliphatic rings. The first kappa shape index (κ1) is 19.4. The lowest BCUT2D eigenvalue weighted by Gasteiger charge is -2.14. The number of amides is 1. The highest BCUT2D eigenvalue weighted by Gasteiger charge is 2.21. The van der Waals surface area contributed by atoms with Crippen LogP contribution in [-0.4, -0.2) is 31.0 Å². The van der Waals surface area contributed by atoms with Gasteiger partial charge in [-0.05, 0) is 49.1 Å². The zero-order valence-corrected chi connectivity index (χ0v) is 16.4. The van der Waals surface area contributed by atoms with E-state index in [1.54, 1.807) is 24.3 Å². The van der Waals surface area contributed by atoms with E-state index in [1.165, 1.54) is 18.7 Å². The number of carbonyl (C=O) groups is 2. The molecule has 0 bridgehead atoms. The van der Waals surface area contributed by atoms with Gasteiger partial charge in [0.25, 0.3) is 5.91 Å². The zero-order valence-electron chi connectivity index (χ0n) is 14.8. The molecular weight excluding hydrogens is 390 g/mol. The zero-order chi connectivity index (χ0) is 19.4. The second-order valence-electron chi connectivity index (χ2n) is 5.80. The third-order valence-electron chi connectivity index (χ3n) is 3.95. The number of carbonyl (C=O) groups excluding carboxylic acids is 2. The Morgan fingerprint density at radius 3 is 2.78 bits per heavy atom. The van der Waals surface area contributed by atoms with Gasteiger partial charge < -0.3 is 19.5 Å². The lowest BCUT2D eigenvalue weighted by molar-refractivity contribution is -0.129. The summed E-state index contributed by atoms with van der Waals surface area (Å²) in [4.78, 5) is 25.4. The number of hydrogen-bond acceptors (Lipinski definition) is 6. The van der Waals surface area contributed by atoms with Crippen molar-refractivity contribution in [2.24, 2.45) is 0 Å². The summed E-state index contributed by atoms with van der Waals surface area (Å²) in [5.74, 6) is 0.279. The molecule has 1 N–H and O–H groups in total. The van der Waals surface area contributed by atoms with Gasteiger partial charge in [0.1, 0.15) is 0 Å². The first-order valence-electron chi connectivity index (χ1n) is 8.18. The van der Waals surface area contributed by atoms with Gasteiger partial charge in [0.15, 0.2) is 17.6 Å². The maximum atomic E-state index is 12.3. The molecule has 8 heteroatoms. The number of fused-ring (bicyclic) bond motifs is 1. The van der Waals surface area contributed by atoms with Crippen LogP contribution < -0.4 is 14.8 Å². The van der Waals surface area contributed by atoms with Crippen LogP contribution in [0.4, 0.5) is 0 Å². The molecule has 1 aliphatic heterocycles. The number of esters is 1. The smallest absolute Gasteiger partial charge is 0.340 e. The van der Waals surface area contributed by atoms with Crippen LogP contribution in [0.2, 0.25) is 5.02 Å². The minimum atomic E-state index is -0.958. The van der Waals surface area contributed by atoms with Gasteiger partial charge in [-0.1, -0.05) is 17.7 Å². The van der Waals surface area contributed by atoms with Crippen LogP contribution in [0.3, 0.4) is 0 Å². The molecule has 1 atom stereocenters. The summed E-state index contributed by atoms with van der Waals surface area (Å²) in [6.07, 6.45) is 0.936. The Hall–Kier alpha value is -2.38. The van der Waals surface area contributed by atoms with Crippen molar-refractivity contribution in [3.63, 3.8) is 0 Å². The molecular formula is C19H18ClNO5S. The predicted molar refractivity (Wildman–Crippen MR) is 103 cm³/mol. The van der Waals surface area contributed by atoms with Crippen molar-refractivity contribution >= 4 is 35.2 Å². The quantitative estimate of drug-likeness (QED) is 0.582. The van der Waals surface area contributed by atoms with Crippen LogP contribution in [0.15, 0.2) is 41.3 Å². The molecule has 0 saturated carbocycles. The summed E-state index contributed by atoms with van der Waals surface area (Å²) in [5.41, 5.74) is 1.08. The molecule has 0 saturated heterocycles. The van der Waals surface area contributed by atoms with Gasteiger partial charge in [-0.3, -0.25) is 4.79 Å². The summed E-state index contributed by atoms with van der Waals surface area (Å²) in [6, 6.07) is 10.5. The highest BCUT2D eigenvalue weighted by molar-refractivity contribution is 7.98. The highest BCUT2D eigenvalue weighted by atomic mass is 35.5. The van der Waals surface area contributed by atoms with E-state index in [4.69, 9.17) is 25.8 Å². The maximum Gasteiger partial charge on any atom is 0.340 e. The van der Waals surface area contributed by atoms with Gasteiger partial charge in [0, 0.05) is 11.4 Å². The molecule has 1 heterocycles. The Labute approximate surface area is 166 Å². The minimum Gasteiger partial charge on any atom is -0.454 e. The number of halogens is 1. The topological polar surface area (TPSA) is 73.9 Å². The Balaban J connectivity index is 1.56. The molecule has 0 unspecified atom stereocenters. The van der Waals surface area contributed by atoms with E-state index in [-0.39, 0.29) is 23.9 Å². The van der Waals surface area contributed by atoms with Crippen LogP contribution in [0.5, 0.6) is 11.5 Å². The largest absolute Gasteiger partial charge is 0.454 e. The van der Waals surface area contributed by atoms with Gasteiger partial charge in [-0.2, -0.15) is 0 Å². The molecule has 6 nitrogen and oxygen atoms in total. The van der Waals surface area contributed by atoms with E-state index in [2.05, 4.69) is 5.32 Å². The van der Waals surface area contributed by atoms with Gasteiger partial charge in [0.2, 0.25) is 6.79 Å². The summed E-state index contributed by atoms with van der Waals surface area (Å²) in [6.45, 7) is 1.98. The lowest BCUT2D eigenvalue weighted by Crippen LogP contribution is -2.35. The third-order valence-corrected chi connectivity index (χ3v) is 5.01. The number of rotatable bonds is 6. The van der Waals surface area contributed by atoms with E-state index < -0.39 is 18.0 Å². The minimum absolute atomic E-state index is 0.193. The van der Waals surface area contributed by atoms with E-state index in [9.17, 15) is 9.59 Å². The van der Waals surface area contributed by atoms with Gasteiger partial charge in [-0.15, -0.1) is 11.8 Å². The SMILES string of the molecule is CSc1ccc(Cl)c(C(=O)O[C@@H](C)C(=O)NCc2ccc3c(c2)OCO3)c1. The van der Waals surface area contributed by atoms with E-state index in [1.807, 2.05) is 18.4 Å². The summed E-state index contributed by atoms with van der Waals surface area (Å²) in [7, 11) is 0. The second kappa shape index (κ2) is 8.54. The maximum absolute atomic E-state index is 12.3. The van der Waals surface area contributed by atoms with E-state index in [0.29, 0.717) is 11.5 Å². The average Bonchev–Trinajstić information content (AvgIpc) is 3.14. The Kier molecular flexibility index (Phi) is 6.13. The van der Waals surface area contributed by atoms with Crippen LogP contribution in [0.25, 0.3) is 0 Å². The molecule has 2 aromatic carbocycles. The first-order valence-corrected chi connectivity index (χ1v) is 9.79. The number of ether oxygens (including phenoxy) is 3. The monoisotopic (exact) mass is 407 g/mol. The fourth-order valence-corrected chi connectivity index (χ4v) is 3.08. The Bertz CT molecular complexity index is 873. The normalized spacial score (nSPS) is 13.1. The molecule has 1 amide bonds. The van der Waals surface area contributed by atoms with Crippen LogP contribution in [0, 0.1) is 0 Å². The lowest BCUT2D eigenvalue weighted by atomic mass is 10.2. The summed E-state index contributed by atoms with van der Waals surface area (Å²) >= 11 is 7.55. The number of hydrogen-bond donors (Lipinski definition) is 1. The van der Waals surface area contributed by atoms with Gasteiger partial charge >= 0.3 is 5.97 Å². The molecule has 27 heavy (non-hydrogen) atoms. The molecule has 0 fully saturated rings. The van der Waals surface area contributed by atoms with Gasteiger partial charge in [0.05, 0.1) is 10.6 Å². The fourth-order valence-electron chi connectivity index (χ4n) is 2.45. The third kappa shape index (κ3) is 4.67. The molecule has 3 rings (SSSR count). The van der Waals surface area contributed by atoms with Gasteiger partial charge in [-0.25, -0.2) is 4.79 Å². The molecule has 2 aromatic rings. The van der Waals surface area contributed by atoms with Crippen molar-refractivity contribution in [2.75, 3.05) is 13.0 Å². The standard InChI is InChI=1S/C19H18ClNO5S/c1-11(26-19(23)14-8-13(27-2)4-5-15(14)20)18(22)21-9-12-3-6-16-17(7-12)25-10-24-16/h3-8,11H,9-10H2,1-2H3,(H,21,22)/t11-/m0/s1. The molecule has 0 aromatic heterocycles. The number of nitrogens with one attached hydrogen (secondary N) is 1. The molecule has 0 spiro atoms. The Morgan fingerprint density at radius 2 is 2.00 bits per heavy atom. The van der Waals surface area contributed by atoms with Crippen LogP contribution >= 0.6 is 23.4 Å². The molecule has 142 valence electrons. The van der Waals surface area contributed by atoms with Crippen molar-refractivity contribution in [1.29, 1.82) is 0 Å². The number of thioether (sulfide) groups is 1. The molecule has 0 aliphatic carbocycles. The molecule has 0 radical (unpaired) electrons. The van der Waals surface area contributed by atoms with Crippen molar-refractivity contribution in [3.8, 4) is 11.5 Å². The summed E-state index contributed by atoms with van der Waals surface area (Å²) < 4.78 is 15.8. The van der Waals surface area contributed by atoms with Crippen molar-refractivity contribution < 1.29 is 23.8 Å². The van der Waals surface area contributed by atoms with Crippen LogP contribution in [0.1, 0.15) is 22.8 Å². The van der Waals surface area contributed by atoms with Crippen LogP contribution in [-0.2, 0) is 16.1 Å². The van der Waals surface area contributed by atoms with Crippen molar-refractivity contribution in [3.05, 3.63) is 52.5 Å². The second-order valence-corrected chi connectivity index (χ2v) is 7.09. The van der Waals surface area contributed by atoms with Crippen molar-refractivity contribution in [2.45, 2.75) is 24.5 Å². The van der Waals surface area contributed by atoms with Crippen molar-refractivity contribution in [1.82, 2.24) is 5.32 Å². The average molecular weight is 408 g/mol. The number of benzene rings is 2. The predicted octanol–water partition coefficient (Wildman–Crippen LogP) is 3.65. The van der Waals surface area contributed by atoms with E-state index >= 15 is 0 Å².